The average molecular weight is 424 g/mol. The van der Waals surface area contributed by atoms with Crippen LogP contribution in [0.15, 0.2) is 47.4 Å². The second-order valence-electron chi connectivity index (χ2n) is 7.74. The number of carboxylic acid groups (broad SMARTS) is 1. The van der Waals surface area contributed by atoms with Crippen LogP contribution in [-0.4, -0.2) is 33.7 Å². The molecule has 6 heteroatoms. The first kappa shape index (κ1) is 21.7. The van der Waals surface area contributed by atoms with Crippen LogP contribution in [0.5, 0.6) is 5.75 Å². The Morgan fingerprint density at radius 1 is 1.10 bits per heavy atom. The highest BCUT2D eigenvalue weighted by molar-refractivity contribution is 7.98. The SMILES string of the molecule is CSc1ccc2cc(C(=O)C=Cc3cc(C)c(OC(C)(C)C(=O)O)c(C)c3)[nH]c2c1. The molecule has 0 bridgehead atoms. The van der Waals surface area contributed by atoms with E-state index in [2.05, 4.69) is 4.98 Å². The molecule has 2 N–H and O–H groups in total. The molecule has 5 nitrogen and oxygen atoms in total. The minimum absolute atomic E-state index is 0.112. The summed E-state index contributed by atoms with van der Waals surface area (Å²) >= 11 is 1.66. The van der Waals surface area contributed by atoms with Crippen molar-refractivity contribution in [2.24, 2.45) is 0 Å². The molecule has 30 heavy (non-hydrogen) atoms. The van der Waals surface area contributed by atoms with Crippen molar-refractivity contribution < 1.29 is 19.4 Å². The fourth-order valence-corrected chi connectivity index (χ4v) is 3.61. The lowest BCUT2D eigenvalue weighted by atomic mass is 10.0. The van der Waals surface area contributed by atoms with Crippen LogP contribution < -0.4 is 4.74 Å². The van der Waals surface area contributed by atoms with Gasteiger partial charge in [0.15, 0.2) is 5.60 Å². The Balaban J connectivity index is 1.82. The lowest BCUT2D eigenvalue weighted by molar-refractivity contribution is -0.152. The van der Waals surface area contributed by atoms with E-state index < -0.39 is 11.6 Å². The molecule has 0 atom stereocenters. The summed E-state index contributed by atoms with van der Waals surface area (Å²) in [5, 5.41) is 10.3. The summed E-state index contributed by atoms with van der Waals surface area (Å²) < 4.78 is 5.73. The molecule has 0 aliphatic rings. The lowest BCUT2D eigenvalue weighted by Gasteiger charge is -2.24. The number of carbonyl (C=O) groups excluding carboxylic acids is 1. The maximum atomic E-state index is 12.6. The molecule has 2 aromatic carbocycles. The van der Waals surface area contributed by atoms with Crippen molar-refractivity contribution >= 4 is 40.5 Å². The molecule has 0 aliphatic heterocycles. The summed E-state index contributed by atoms with van der Waals surface area (Å²) in [4.78, 5) is 28.3. The van der Waals surface area contributed by atoms with Gasteiger partial charge in [-0.15, -0.1) is 11.8 Å². The van der Waals surface area contributed by atoms with Crippen molar-refractivity contribution in [2.45, 2.75) is 38.2 Å². The number of nitrogens with one attached hydrogen (secondary N) is 1. The van der Waals surface area contributed by atoms with Crippen molar-refractivity contribution in [3.05, 3.63) is 64.9 Å². The fourth-order valence-electron chi connectivity index (χ4n) is 3.17. The first-order valence-electron chi connectivity index (χ1n) is 9.53. The van der Waals surface area contributed by atoms with E-state index in [1.54, 1.807) is 17.8 Å². The summed E-state index contributed by atoms with van der Waals surface area (Å²) in [5.74, 6) is -0.593. The standard InChI is InChI=1S/C24H25NO4S/c1-14-10-16(11-15(2)22(14)29-24(3,4)23(27)28)6-9-21(26)20-12-17-7-8-18(30-5)13-19(17)25-20/h6-13,25H,1-5H3,(H,27,28). The Kier molecular flexibility index (Phi) is 6.08. The van der Waals surface area contributed by atoms with Crippen LogP contribution in [0.4, 0.5) is 0 Å². The first-order valence-corrected chi connectivity index (χ1v) is 10.8. The molecule has 0 spiro atoms. The van der Waals surface area contributed by atoms with Crippen LogP contribution >= 0.6 is 11.8 Å². The molecule has 0 unspecified atom stereocenters. The zero-order chi connectivity index (χ0) is 22.1. The van der Waals surface area contributed by atoms with Gasteiger partial charge in [-0.25, -0.2) is 4.79 Å². The summed E-state index contributed by atoms with van der Waals surface area (Å²) in [6.07, 6.45) is 5.31. The van der Waals surface area contributed by atoms with Gasteiger partial charge < -0.3 is 14.8 Å². The maximum absolute atomic E-state index is 12.6. The number of hydrogen-bond donors (Lipinski definition) is 2. The predicted octanol–water partition coefficient (Wildman–Crippen LogP) is 5.64. The number of benzene rings is 2. The minimum atomic E-state index is -1.32. The van der Waals surface area contributed by atoms with E-state index in [1.165, 1.54) is 19.9 Å². The molecule has 1 aromatic heterocycles. The Morgan fingerprint density at radius 3 is 2.37 bits per heavy atom. The molecule has 3 aromatic rings. The van der Waals surface area contributed by atoms with Gasteiger partial charge in [0.2, 0.25) is 5.78 Å². The maximum Gasteiger partial charge on any atom is 0.347 e. The topological polar surface area (TPSA) is 79.4 Å². The zero-order valence-corrected chi connectivity index (χ0v) is 18.5. The summed E-state index contributed by atoms with van der Waals surface area (Å²) in [6.45, 7) is 6.76. The monoisotopic (exact) mass is 423 g/mol. The van der Waals surface area contributed by atoms with Gasteiger partial charge in [-0.1, -0.05) is 12.1 Å². The van der Waals surface area contributed by atoms with Crippen LogP contribution in [0.2, 0.25) is 0 Å². The Labute approximate surface area is 180 Å². The molecular formula is C24H25NO4S. The summed E-state index contributed by atoms with van der Waals surface area (Å²) in [7, 11) is 0. The van der Waals surface area contributed by atoms with Gasteiger partial charge in [-0.2, -0.15) is 0 Å². The van der Waals surface area contributed by atoms with Crippen LogP contribution in [0.3, 0.4) is 0 Å². The lowest BCUT2D eigenvalue weighted by Crippen LogP contribution is -2.38. The number of rotatable bonds is 7. The second kappa shape index (κ2) is 8.40. The first-order chi connectivity index (χ1) is 14.1. The van der Waals surface area contributed by atoms with Crippen molar-refractivity contribution in [3.63, 3.8) is 0 Å². The second-order valence-corrected chi connectivity index (χ2v) is 8.61. The predicted molar refractivity (Wildman–Crippen MR) is 122 cm³/mol. The number of aromatic amines is 1. The molecule has 0 saturated heterocycles. The summed E-state index contributed by atoms with van der Waals surface area (Å²) in [6, 6.07) is 11.7. The Bertz CT molecular complexity index is 1130. The van der Waals surface area contributed by atoms with Gasteiger partial charge in [0.05, 0.1) is 5.69 Å². The van der Waals surface area contributed by atoms with E-state index in [0.29, 0.717) is 11.4 Å². The highest BCUT2D eigenvalue weighted by Gasteiger charge is 2.30. The Morgan fingerprint density at radius 2 is 1.77 bits per heavy atom. The van der Waals surface area contributed by atoms with Crippen LogP contribution in [0.25, 0.3) is 17.0 Å². The average Bonchev–Trinajstić information content (AvgIpc) is 3.12. The number of allylic oxidation sites excluding steroid dienone is 1. The molecule has 0 saturated carbocycles. The number of aliphatic carboxylic acids is 1. The van der Waals surface area contributed by atoms with E-state index in [4.69, 9.17) is 4.74 Å². The molecule has 156 valence electrons. The minimum Gasteiger partial charge on any atom is -0.478 e. The van der Waals surface area contributed by atoms with Crippen molar-refractivity contribution in [3.8, 4) is 5.75 Å². The van der Waals surface area contributed by atoms with Gasteiger partial charge in [0.25, 0.3) is 0 Å². The molecule has 0 fully saturated rings. The van der Waals surface area contributed by atoms with Crippen molar-refractivity contribution in [2.75, 3.05) is 6.26 Å². The number of thioether (sulfide) groups is 1. The van der Waals surface area contributed by atoms with E-state index in [1.807, 2.05) is 56.5 Å². The van der Waals surface area contributed by atoms with Gasteiger partial charge in [0.1, 0.15) is 5.75 Å². The molecule has 0 aliphatic carbocycles. The van der Waals surface area contributed by atoms with E-state index in [9.17, 15) is 14.7 Å². The van der Waals surface area contributed by atoms with Crippen LogP contribution in [0, 0.1) is 13.8 Å². The highest BCUT2D eigenvalue weighted by Crippen LogP contribution is 2.29. The zero-order valence-electron chi connectivity index (χ0n) is 17.7. The molecule has 0 radical (unpaired) electrons. The van der Waals surface area contributed by atoms with Crippen LogP contribution in [0.1, 0.15) is 41.0 Å². The normalized spacial score (nSPS) is 11.9. The molecule has 0 amide bonds. The Hall–Kier alpha value is -2.99. The number of carboxylic acids is 1. The third-order valence-corrected chi connectivity index (χ3v) is 5.60. The van der Waals surface area contributed by atoms with Gasteiger partial charge >= 0.3 is 5.97 Å². The van der Waals surface area contributed by atoms with E-state index >= 15 is 0 Å². The number of aryl methyl sites for hydroxylation is 2. The number of hydrogen-bond acceptors (Lipinski definition) is 4. The molecule has 3 rings (SSSR count). The number of carbonyl (C=O) groups is 2. The largest absolute Gasteiger partial charge is 0.478 e. The third-order valence-electron chi connectivity index (χ3n) is 4.88. The van der Waals surface area contributed by atoms with Crippen molar-refractivity contribution in [1.82, 2.24) is 4.98 Å². The number of aromatic nitrogens is 1. The van der Waals surface area contributed by atoms with E-state index in [-0.39, 0.29) is 5.78 Å². The number of fused-ring (bicyclic) bond motifs is 1. The smallest absolute Gasteiger partial charge is 0.347 e. The fraction of sp³-hybridized carbons (Fsp3) is 0.250. The number of ketones is 1. The summed E-state index contributed by atoms with van der Waals surface area (Å²) in [5.41, 5.74) is 2.62. The van der Waals surface area contributed by atoms with Gasteiger partial charge in [-0.3, -0.25) is 4.79 Å². The third kappa shape index (κ3) is 4.60. The van der Waals surface area contributed by atoms with Gasteiger partial charge in [-0.05, 0) is 87.0 Å². The van der Waals surface area contributed by atoms with Gasteiger partial charge in [0, 0.05) is 15.8 Å². The molecule has 1 heterocycles. The number of ether oxygens (including phenoxy) is 1. The number of H-pyrrole nitrogens is 1. The van der Waals surface area contributed by atoms with E-state index in [0.717, 1.165) is 32.5 Å². The quantitative estimate of drug-likeness (QED) is 0.292. The highest BCUT2D eigenvalue weighted by atomic mass is 32.2. The van der Waals surface area contributed by atoms with Crippen LogP contribution in [-0.2, 0) is 4.79 Å². The molecular weight excluding hydrogens is 398 g/mol. The van der Waals surface area contributed by atoms with Crippen molar-refractivity contribution in [1.29, 1.82) is 0 Å².